The molecule has 0 N–H and O–H groups in total. The van der Waals surface area contributed by atoms with Crippen molar-refractivity contribution in [2.45, 2.75) is 26.4 Å². The third-order valence-corrected chi connectivity index (χ3v) is 1.17. The van der Waals surface area contributed by atoms with Gasteiger partial charge >= 0.3 is 5.97 Å². The van der Waals surface area contributed by atoms with Gasteiger partial charge in [0.05, 0.1) is 6.10 Å². The fourth-order valence-corrected chi connectivity index (χ4v) is 0.863. The quantitative estimate of drug-likeness (QED) is 0.418. The molecule has 0 amide bonds. The number of halogens is 2. The van der Waals surface area contributed by atoms with Gasteiger partial charge in [0, 0.05) is 6.08 Å². The lowest BCUT2D eigenvalue weighted by Crippen LogP contribution is -2.14. The maximum Gasteiger partial charge on any atom is 0.313 e. The number of ketones is 1. The van der Waals surface area contributed by atoms with E-state index < -0.39 is 11.8 Å². The van der Waals surface area contributed by atoms with Crippen molar-refractivity contribution in [3.05, 3.63) is 10.6 Å². The Morgan fingerprint density at radius 1 is 1.38 bits per heavy atom. The number of ether oxygens (including phenoxy) is 1. The van der Waals surface area contributed by atoms with E-state index in [1.807, 2.05) is 0 Å². The minimum atomic E-state index is -0.578. The molecule has 5 heteroatoms. The summed E-state index contributed by atoms with van der Waals surface area (Å²) in [5, 5.41) is 0. The highest BCUT2D eigenvalue weighted by atomic mass is 35.5. The zero-order valence-electron chi connectivity index (χ0n) is 7.34. The van der Waals surface area contributed by atoms with Gasteiger partial charge in [0.25, 0.3) is 0 Å². The number of carbonyl (C=O) groups excluding carboxylic acids is 2. The lowest BCUT2D eigenvalue weighted by atomic mass is 10.3. The van der Waals surface area contributed by atoms with Gasteiger partial charge in [-0.15, -0.1) is 0 Å². The van der Waals surface area contributed by atoms with Crippen LogP contribution >= 0.6 is 23.2 Å². The molecule has 74 valence electrons. The maximum absolute atomic E-state index is 10.9. The van der Waals surface area contributed by atoms with Crippen LogP contribution in [0, 0.1) is 0 Å². The fraction of sp³-hybridized carbons (Fsp3) is 0.500. The highest BCUT2D eigenvalue weighted by molar-refractivity contribution is 6.56. The Labute approximate surface area is 86.6 Å². The van der Waals surface area contributed by atoms with Crippen molar-refractivity contribution in [2.75, 3.05) is 0 Å². The summed E-state index contributed by atoms with van der Waals surface area (Å²) in [6.07, 6.45) is 0.419. The highest BCUT2D eigenvalue weighted by Crippen LogP contribution is 2.07. The van der Waals surface area contributed by atoms with Crippen LogP contribution in [-0.4, -0.2) is 17.9 Å². The van der Waals surface area contributed by atoms with Crippen molar-refractivity contribution in [2.24, 2.45) is 0 Å². The molecule has 0 saturated heterocycles. The number of carbonyl (C=O) groups is 2. The summed E-state index contributed by atoms with van der Waals surface area (Å²) in [6, 6.07) is 0. The van der Waals surface area contributed by atoms with Crippen LogP contribution in [0.3, 0.4) is 0 Å². The van der Waals surface area contributed by atoms with Crippen molar-refractivity contribution >= 4 is 35.0 Å². The van der Waals surface area contributed by atoms with Crippen LogP contribution in [0.2, 0.25) is 0 Å². The molecule has 0 fully saturated rings. The molecule has 0 spiro atoms. The van der Waals surface area contributed by atoms with Crippen LogP contribution in [-0.2, 0) is 14.3 Å². The van der Waals surface area contributed by atoms with Crippen LogP contribution in [0.15, 0.2) is 10.6 Å². The Morgan fingerprint density at radius 3 is 2.31 bits per heavy atom. The van der Waals surface area contributed by atoms with Crippen molar-refractivity contribution in [3.63, 3.8) is 0 Å². The van der Waals surface area contributed by atoms with Gasteiger partial charge < -0.3 is 4.74 Å². The van der Waals surface area contributed by atoms with Gasteiger partial charge in [-0.3, -0.25) is 9.59 Å². The van der Waals surface area contributed by atoms with E-state index in [0.717, 1.165) is 6.08 Å². The number of hydrogen-bond donors (Lipinski definition) is 0. The summed E-state index contributed by atoms with van der Waals surface area (Å²) in [5.74, 6) is -1.04. The first-order valence-corrected chi connectivity index (χ1v) is 4.42. The van der Waals surface area contributed by atoms with E-state index in [-0.39, 0.29) is 17.0 Å². The monoisotopic (exact) mass is 224 g/mol. The molecule has 3 nitrogen and oxygen atoms in total. The Balaban J connectivity index is 3.93. The molecule has 13 heavy (non-hydrogen) atoms. The zero-order chi connectivity index (χ0) is 10.4. The predicted molar refractivity (Wildman–Crippen MR) is 50.6 cm³/mol. The average molecular weight is 225 g/mol. The van der Waals surface area contributed by atoms with Gasteiger partial charge in [0.15, 0.2) is 5.78 Å². The topological polar surface area (TPSA) is 43.4 Å². The van der Waals surface area contributed by atoms with E-state index in [4.69, 9.17) is 27.9 Å². The SMILES string of the molecule is CC(C)OC(=O)CC(=O)C=C(Cl)Cl. The van der Waals surface area contributed by atoms with Crippen LogP contribution in [0.25, 0.3) is 0 Å². The molecular weight excluding hydrogens is 215 g/mol. The van der Waals surface area contributed by atoms with E-state index in [1.54, 1.807) is 13.8 Å². The van der Waals surface area contributed by atoms with Crippen LogP contribution in [0.4, 0.5) is 0 Å². The molecule has 0 aliphatic carbocycles. The second-order valence-corrected chi connectivity index (χ2v) is 3.62. The van der Waals surface area contributed by atoms with Crippen molar-refractivity contribution in [1.82, 2.24) is 0 Å². The molecule has 0 aliphatic heterocycles. The number of allylic oxidation sites excluding steroid dienone is 1. The van der Waals surface area contributed by atoms with Crippen LogP contribution in [0.1, 0.15) is 20.3 Å². The van der Waals surface area contributed by atoms with E-state index in [2.05, 4.69) is 0 Å². The van der Waals surface area contributed by atoms with Gasteiger partial charge in [-0.05, 0) is 13.8 Å². The van der Waals surface area contributed by atoms with E-state index in [9.17, 15) is 9.59 Å². The molecule has 0 aromatic rings. The van der Waals surface area contributed by atoms with Crippen molar-refractivity contribution < 1.29 is 14.3 Å². The summed E-state index contributed by atoms with van der Waals surface area (Å²) in [4.78, 5) is 21.8. The minimum Gasteiger partial charge on any atom is -0.463 e. The van der Waals surface area contributed by atoms with E-state index in [0.29, 0.717) is 0 Å². The summed E-state index contributed by atoms with van der Waals surface area (Å²) < 4.78 is 4.56. The van der Waals surface area contributed by atoms with E-state index in [1.165, 1.54) is 0 Å². The third-order valence-electron chi connectivity index (χ3n) is 0.956. The van der Waals surface area contributed by atoms with Gasteiger partial charge in [-0.25, -0.2) is 0 Å². The Kier molecular flexibility index (Phi) is 5.75. The molecule has 0 radical (unpaired) electrons. The molecule has 0 saturated carbocycles. The van der Waals surface area contributed by atoms with Gasteiger partial charge in [-0.1, -0.05) is 23.2 Å². The van der Waals surface area contributed by atoms with Gasteiger partial charge in [0.2, 0.25) is 0 Å². The highest BCUT2D eigenvalue weighted by Gasteiger charge is 2.10. The van der Waals surface area contributed by atoms with Gasteiger partial charge in [-0.2, -0.15) is 0 Å². The summed E-state index contributed by atoms with van der Waals surface area (Å²) in [5.41, 5.74) is 0. The smallest absolute Gasteiger partial charge is 0.313 e. The summed E-state index contributed by atoms with van der Waals surface area (Å²) in [6.45, 7) is 3.40. The minimum absolute atomic E-state index is 0.164. The van der Waals surface area contributed by atoms with E-state index >= 15 is 0 Å². The predicted octanol–water partition coefficient (Wildman–Crippen LogP) is 2.22. The van der Waals surface area contributed by atoms with Crippen molar-refractivity contribution in [3.8, 4) is 0 Å². The van der Waals surface area contributed by atoms with Crippen molar-refractivity contribution in [1.29, 1.82) is 0 Å². The maximum atomic E-state index is 10.9. The van der Waals surface area contributed by atoms with Crippen LogP contribution < -0.4 is 0 Å². The number of rotatable bonds is 4. The normalized spacial score (nSPS) is 9.62. The van der Waals surface area contributed by atoms with Gasteiger partial charge in [0.1, 0.15) is 10.9 Å². The Hall–Kier alpha value is -0.540. The molecule has 0 rings (SSSR count). The molecule has 0 atom stereocenters. The molecule has 0 aliphatic rings. The fourth-order valence-electron chi connectivity index (χ4n) is 0.620. The second-order valence-electron chi connectivity index (χ2n) is 2.62. The first kappa shape index (κ1) is 12.5. The Bertz CT molecular complexity index is 230. The molecule has 0 heterocycles. The summed E-state index contributed by atoms with van der Waals surface area (Å²) in [7, 11) is 0. The van der Waals surface area contributed by atoms with Crippen LogP contribution in [0.5, 0.6) is 0 Å². The first-order valence-electron chi connectivity index (χ1n) is 3.67. The Morgan fingerprint density at radius 2 is 1.92 bits per heavy atom. The number of hydrogen-bond acceptors (Lipinski definition) is 3. The average Bonchev–Trinajstić information content (AvgIpc) is 1.80. The largest absolute Gasteiger partial charge is 0.463 e. The lowest BCUT2D eigenvalue weighted by Gasteiger charge is -2.05. The standard InChI is InChI=1S/C8H10Cl2O3/c1-5(2)13-8(12)4-6(11)3-7(9)10/h3,5H,4H2,1-2H3. The number of esters is 1. The molecule has 0 aromatic heterocycles. The third kappa shape index (κ3) is 7.81. The molecule has 0 aromatic carbocycles. The molecule has 0 unspecified atom stereocenters. The zero-order valence-corrected chi connectivity index (χ0v) is 8.85. The first-order chi connectivity index (χ1) is 5.91. The second kappa shape index (κ2) is 6.00. The molecule has 0 bridgehead atoms. The lowest BCUT2D eigenvalue weighted by molar-refractivity contribution is -0.148. The summed E-state index contributed by atoms with van der Waals surface area (Å²) >= 11 is 10.4. The molecular formula is C8H10Cl2O3.